The Morgan fingerprint density at radius 1 is 1.38 bits per heavy atom. The predicted molar refractivity (Wildman–Crippen MR) is 67.1 cm³/mol. The van der Waals surface area contributed by atoms with Gasteiger partial charge in [-0.15, -0.1) is 0 Å². The first-order chi connectivity index (χ1) is 7.74. The van der Waals surface area contributed by atoms with Crippen molar-refractivity contribution in [3.05, 3.63) is 29.8 Å². The number of Topliss-reactive ketones (excluding diaryl/α,β-unsaturated/α-hetero) is 1. The molecule has 0 amide bonds. The van der Waals surface area contributed by atoms with E-state index in [-0.39, 0.29) is 5.78 Å². The topological polar surface area (TPSA) is 20.3 Å². The first-order valence-corrected chi connectivity index (χ1v) is 6.09. The largest absolute Gasteiger partial charge is 0.371 e. The maximum atomic E-state index is 11.8. The molecule has 0 radical (unpaired) electrons. The summed E-state index contributed by atoms with van der Waals surface area (Å²) in [5, 5.41) is 0. The molecule has 0 aliphatic heterocycles. The van der Waals surface area contributed by atoms with E-state index in [0.29, 0.717) is 12.5 Å². The van der Waals surface area contributed by atoms with Gasteiger partial charge in [0.2, 0.25) is 0 Å². The van der Waals surface area contributed by atoms with Crippen molar-refractivity contribution >= 4 is 11.5 Å². The van der Waals surface area contributed by atoms with Gasteiger partial charge in [0.05, 0.1) is 0 Å². The molecule has 1 aromatic rings. The lowest BCUT2D eigenvalue weighted by molar-refractivity contribution is 0.0988. The maximum absolute atomic E-state index is 11.8. The molecule has 0 atom stereocenters. The van der Waals surface area contributed by atoms with Crippen molar-refractivity contribution in [1.82, 2.24) is 0 Å². The van der Waals surface area contributed by atoms with Crippen LogP contribution >= 0.6 is 0 Å². The van der Waals surface area contributed by atoms with Crippen LogP contribution in [0.15, 0.2) is 24.3 Å². The first kappa shape index (κ1) is 11.2. The zero-order valence-corrected chi connectivity index (χ0v) is 10.1. The monoisotopic (exact) mass is 217 g/mol. The van der Waals surface area contributed by atoms with Gasteiger partial charge in [-0.2, -0.15) is 0 Å². The van der Waals surface area contributed by atoms with Crippen molar-refractivity contribution in [2.24, 2.45) is 0 Å². The van der Waals surface area contributed by atoms with Crippen molar-refractivity contribution < 1.29 is 4.79 Å². The van der Waals surface area contributed by atoms with Gasteiger partial charge in [-0.1, -0.05) is 19.1 Å². The van der Waals surface area contributed by atoms with Crippen LogP contribution in [-0.4, -0.2) is 18.9 Å². The Kier molecular flexibility index (Phi) is 3.28. The Bertz CT molecular complexity index is 382. The molecule has 0 unspecified atom stereocenters. The Hall–Kier alpha value is -1.31. The number of ketones is 1. The van der Waals surface area contributed by atoms with Gasteiger partial charge in [-0.25, -0.2) is 0 Å². The number of carbonyl (C=O) groups excluding carboxylic acids is 1. The zero-order valence-electron chi connectivity index (χ0n) is 10.1. The molecule has 0 saturated heterocycles. The molecule has 0 N–H and O–H groups in total. The molecular weight excluding hydrogens is 198 g/mol. The van der Waals surface area contributed by atoms with Crippen LogP contribution in [0.3, 0.4) is 0 Å². The van der Waals surface area contributed by atoms with Gasteiger partial charge in [0.15, 0.2) is 5.78 Å². The summed E-state index contributed by atoms with van der Waals surface area (Å²) in [6.07, 6.45) is 4.41. The minimum Gasteiger partial charge on any atom is -0.371 e. The molecule has 16 heavy (non-hydrogen) atoms. The molecule has 0 aromatic heterocycles. The summed E-state index contributed by atoms with van der Waals surface area (Å²) in [5.41, 5.74) is 1.97. The lowest BCUT2D eigenvalue weighted by Gasteiger charge is -2.37. The van der Waals surface area contributed by atoms with E-state index in [2.05, 4.69) is 18.0 Å². The zero-order chi connectivity index (χ0) is 11.5. The minimum absolute atomic E-state index is 0.238. The van der Waals surface area contributed by atoms with Crippen LogP contribution in [0.25, 0.3) is 0 Å². The van der Waals surface area contributed by atoms with Gasteiger partial charge in [0, 0.05) is 30.8 Å². The van der Waals surface area contributed by atoms with E-state index in [4.69, 9.17) is 0 Å². The second-order valence-corrected chi connectivity index (χ2v) is 4.49. The molecule has 0 spiro atoms. The average Bonchev–Trinajstić information content (AvgIpc) is 2.25. The first-order valence-electron chi connectivity index (χ1n) is 6.09. The summed E-state index contributed by atoms with van der Waals surface area (Å²) in [7, 11) is 2.10. The van der Waals surface area contributed by atoms with E-state index in [0.717, 1.165) is 11.3 Å². The molecule has 2 nitrogen and oxygen atoms in total. The quantitative estimate of drug-likeness (QED) is 0.721. The molecule has 2 heteroatoms. The maximum Gasteiger partial charge on any atom is 0.164 e. The van der Waals surface area contributed by atoms with Gasteiger partial charge in [0.1, 0.15) is 0 Å². The molecule has 0 bridgehead atoms. The molecule has 1 aliphatic carbocycles. The van der Waals surface area contributed by atoms with Crippen LogP contribution in [-0.2, 0) is 0 Å². The van der Waals surface area contributed by atoms with E-state index < -0.39 is 0 Å². The molecule has 1 saturated carbocycles. The van der Waals surface area contributed by atoms with E-state index >= 15 is 0 Å². The van der Waals surface area contributed by atoms with Crippen molar-refractivity contribution in [2.75, 3.05) is 11.9 Å². The third kappa shape index (κ3) is 1.97. The minimum atomic E-state index is 0.238. The smallest absolute Gasteiger partial charge is 0.164 e. The summed E-state index contributed by atoms with van der Waals surface area (Å²) in [5.74, 6) is 0.238. The molecular formula is C14H19NO. The summed E-state index contributed by atoms with van der Waals surface area (Å²) < 4.78 is 0. The summed E-state index contributed by atoms with van der Waals surface area (Å²) in [4.78, 5) is 14.1. The molecule has 2 rings (SSSR count). The molecule has 0 heterocycles. The van der Waals surface area contributed by atoms with Crippen molar-refractivity contribution in [1.29, 1.82) is 0 Å². The van der Waals surface area contributed by atoms with Crippen LogP contribution in [0.2, 0.25) is 0 Å². The number of carbonyl (C=O) groups is 1. The van der Waals surface area contributed by atoms with E-state index in [1.165, 1.54) is 19.3 Å². The number of para-hydroxylation sites is 1. The van der Waals surface area contributed by atoms with Gasteiger partial charge in [0.25, 0.3) is 0 Å². The highest BCUT2D eigenvalue weighted by Gasteiger charge is 2.24. The van der Waals surface area contributed by atoms with E-state index in [9.17, 15) is 4.79 Å². The number of hydrogen-bond donors (Lipinski definition) is 0. The fraction of sp³-hybridized carbons (Fsp3) is 0.500. The van der Waals surface area contributed by atoms with Gasteiger partial charge in [-0.05, 0) is 31.4 Å². The lowest BCUT2D eigenvalue weighted by Crippen LogP contribution is -2.37. The van der Waals surface area contributed by atoms with Crippen molar-refractivity contribution in [2.45, 2.75) is 38.6 Å². The highest BCUT2D eigenvalue weighted by Crippen LogP contribution is 2.30. The van der Waals surface area contributed by atoms with Gasteiger partial charge >= 0.3 is 0 Å². The summed E-state index contributed by atoms with van der Waals surface area (Å²) >= 11 is 0. The SMILES string of the molecule is CCC(=O)c1ccccc1N(C)C1CCC1. The predicted octanol–water partition coefficient (Wildman–Crippen LogP) is 3.27. The fourth-order valence-corrected chi connectivity index (χ4v) is 2.18. The second kappa shape index (κ2) is 4.69. The highest BCUT2D eigenvalue weighted by molar-refractivity contribution is 6.01. The Labute approximate surface area is 97.3 Å². The Morgan fingerprint density at radius 2 is 2.06 bits per heavy atom. The number of hydrogen-bond acceptors (Lipinski definition) is 2. The Balaban J connectivity index is 2.27. The van der Waals surface area contributed by atoms with Crippen LogP contribution in [0.5, 0.6) is 0 Å². The molecule has 1 aliphatic rings. The fourth-order valence-electron chi connectivity index (χ4n) is 2.18. The van der Waals surface area contributed by atoms with Crippen molar-refractivity contribution in [3.8, 4) is 0 Å². The number of benzene rings is 1. The van der Waals surface area contributed by atoms with Crippen LogP contribution in [0, 0.1) is 0 Å². The van der Waals surface area contributed by atoms with Crippen LogP contribution < -0.4 is 4.90 Å². The van der Waals surface area contributed by atoms with Gasteiger partial charge in [-0.3, -0.25) is 4.79 Å². The summed E-state index contributed by atoms with van der Waals surface area (Å²) in [6, 6.07) is 8.58. The normalized spacial score (nSPS) is 15.6. The highest BCUT2D eigenvalue weighted by atomic mass is 16.1. The van der Waals surface area contributed by atoms with Crippen molar-refractivity contribution in [3.63, 3.8) is 0 Å². The Morgan fingerprint density at radius 3 is 2.62 bits per heavy atom. The lowest BCUT2D eigenvalue weighted by atomic mass is 9.91. The third-order valence-electron chi connectivity index (χ3n) is 3.53. The standard InChI is InChI=1S/C14H19NO/c1-3-14(16)12-9-4-5-10-13(12)15(2)11-7-6-8-11/h4-5,9-11H,3,6-8H2,1-2H3. The van der Waals surface area contributed by atoms with E-state index in [1.807, 2.05) is 25.1 Å². The third-order valence-corrected chi connectivity index (χ3v) is 3.53. The number of nitrogens with zero attached hydrogens (tertiary/aromatic N) is 1. The summed E-state index contributed by atoms with van der Waals surface area (Å²) in [6.45, 7) is 1.92. The molecule has 1 fully saturated rings. The van der Waals surface area contributed by atoms with Gasteiger partial charge < -0.3 is 4.90 Å². The molecule has 1 aromatic carbocycles. The average molecular weight is 217 g/mol. The van der Waals surface area contributed by atoms with Crippen LogP contribution in [0.4, 0.5) is 5.69 Å². The van der Waals surface area contributed by atoms with E-state index in [1.54, 1.807) is 0 Å². The van der Waals surface area contributed by atoms with Crippen LogP contribution in [0.1, 0.15) is 43.0 Å². The number of anilines is 1. The second-order valence-electron chi connectivity index (χ2n) is 4.49. The molecule has 86 valence electrons. The number of rotatable bonds is 4.